The number of amides is 2. The molecule has 2 N–H and O–H groups in total. The van der Waals surface area contributed by atoms with Gasteiger partial charge in [0.1, 0.15) is 0 Å². The molecule has 1 heterocycles. The third kappa shape index (κ3) is 6.86. The van der Waals surface area contributed by atoms with Gasteiger partial charge in [0.25, 0.3) is 0 Å². The van der Waals surface area contributed by atoms with Crippen molar-refractivity contribution in [2.24, 2.45) is 5.10 Å². The van der Waals surface area contributed by atoms with Crippen LogP contribution in [0.2, 0.25) is 0 Å². The summed E-state index contributed by atoms with van der Waals surface area (Å²) in [5.41, 5.74) is 2.99. The number of anilines is 1. The highest BCUT2D eigenvalue weighted by atomic mass is 32.2. The van der Waals surface area contributed by atoms with Gasteiger partial charge in [-0.2, -0.15) is 5.10 Å². The van der Waals surface area contributed by atoms with Crippen LogP contribution in [0.4, 0.5) is 5.69 Å². The van der Waals surface area contributed by atoms with Gasteiger partial charge in [0.2, 0.25) is 21.8 Å². The van der Waals surface area contributed by atoms with Crippen molar-refractivity contribution in [2.45, 2.75) is 25.0 Å². The Hall–Kier alpha value is -3.30. The second-order valence-electron chi connectivity index (χ2n) is 7.32. The van der Waals surface area contributed by atoms with Gasteiger partial charge >= 0.3 is 0 Å². The van der Waals surface area contributed by atoms with Crippen LogP contribution in [0.25, 0.3) is 0 Å². The molecule has 3 rings (SSSR count). The number of hydrogen-bond acceptors (Lipinski definition) is 5. The quantitative estimate of drug-likeness (QED) is 0.538. The van der Waals surface area contributed by atoms with E-state index in [0.717, 1.165) is 11.3 Å². The summed E-state index contributed by atoms with van der Waals surface area (Å²) in [6, 6.07) is 16.2. The number of hydrogen-bond donors (Lipinski definition) is 2. The number of benzene rings is 2. The zero-order chi connectivity index (χ0) is 23.0. The fourth-order valence-electron chi connectivity index (χ4n) is 3.18. The van der Waals surface area contributed by atoms with Crippen molar-refractivity contribution in [3.63, 3.8) is 0 Å². The second kappa shape index (κ2) is 10.8. The van der Waals surface area contributed by atoms with Crippen LogP contribution in [0, 0.1) is 0 Å². The van der Waals surface area contributed by atoms with Gasteiger partial charge in [-0.15, -0.1) is 6.58 Å². The van der Waals surface area contributed by atoms with Crippen molar-refractivity contribution in [1.82, 2.24) is 9.73 Å². The summed E-state index contributed by atoms with van der Waals surface area (Å²) in [5.74, 6) is -0.651. The lowest BCUT2D eigenvalue weighted by Crippen LogP contribution is -2.25. The molecular formula is C23H26N4O4S. The van der Waals surface area contributed by atoms with Crippen LogP contribution in [0.15, 0.2) is 72.4 Å². The molecule has 0 atom stereocenters. The Kier molecular flexibility index (Phi) is 7.91. The van der Waals surface area contributed by atoms with Crippen LogP contribution in [0.1, 0.15) is 30.4 Å². The molecule has 0 bridgehead atoms. The van der Waals surface area contributed by atoms with Crippen LogP contribution < -0.4 is 10.0 Å². The first kappa shape index (κ1) is 23.4. The van der Waals surface area contributed by atoms with Crippen molar-refractivity contribution in [2.75, 3.05) is 18.4 Å². The van der Waals surface area contributed by atoms with E-state index in [1.165, 1.54) is 11.1 Å². The van der Waals surface area contributed by atoms with Crippen LogP contribution in [0.3, 0.4) is 0 Å². The molecule has 0 unspecified atom stereocenters. The predicted octanol–water partition coefficient (Wildman–Crippen LogP) is 2.65. The van der Waals surface area contributed by atoms with E-state index in [2.05, 4.69) is 21.7 Å². The van der Waals surface area contributed by atoms with Gasteiger partial charge in [-0.1, -0.05) is 48.5 Å². The van der Waals surface area contributed by atoms with Crippen LogP contribution in [-0.2, 0) is 25.4 Å². The average Bonchev–Trinajstić information content (AvgIpc) is 3.28. The predicted molar refractivity (Wildman–Crippen MR) is 124 cm³/mol. The highest BCUT2D eigenvalue weighted by molar-refractivity contribution is 7.88. The first-order valence-electron chi connectivity index (χ1n) is 10.3. The Labute approximate surface area is 188 Å². The highest BCUT2D eigenvalue weighted by Crippen LogP contribution is 2.16. The Morgan fingerprint density at radius 1 is 1.06 bits per heavy atom. The van der Waals surface area contributed by atoms with E-state index in [4.69, 9.17) is 0 Å². The van der Waals surface area contributed by atoms with Crippen molar-refractivity contribution < 1.29 is 18.0 Å². The van der Waals surface area contributed by atoms with Crippen molar-refractivity contribution in [1.29, 1.82) is 0 Å². The van der Waals surface area contributed by atoms with Gasteiger partial charge in [-0.3, -0.25) is 9.59 Å². The molecule has 2 amide bonds. The molecule has 0 fully saturated rings. The number of carbonyl (C=O) groups excluding carboxylic acids is 2. The van der Waals surface area contributed by atoms with Gasteiger partial charge < -0.3 is 5.32 Å². The summed E-state index contributed by atoms with van der Waals surface area (Å²) in [5, 5.41) is 8.53. The van der Waals surface area contributed by atoms with E-state index in [1.54, 1.807) is 24.3 Å². The molecule has 168 valence electrons. The maximum absolute atomic E-state index is 12.4. The first-order valence-corrected chi connectivity index (χ1v) is 11.9. The second-order valence-corrected chi connectivity index (χ2v) is 9.13. The zero-order valence-electron chi connectivity index (χ0n) is 17.7. The minimum atomic E-state index is -3.44. The van der Waals surface area contributed by atoms with Crippen LogP contribution >= 0.6 is 0 Å². The highest BCUT2D eigenvalue weighted by Gasteiger charge is 2.22. The Balaban J connectivity index is 1.46. The third-order valence-electron chi connectivity index (χ3n) is 4.80. The molecule has 0 aromatic heterocycles. The van der Waals surface area contributed by atoms with E-state index in [1.807, 2.05) is 30.3 Å². The minimum absolute atomic E-state index is 0.0348. The van der Waals surface area contributed by atoms with E-state index in [0.29, 0.717) is 24.2 Å². The largest absolute Gasteiger partial charge is 0.326 e. The summed E-state index contributed by atoms with van der Waals surface area (Å²) in [4.78, 5) is 24.6. The maximum Gasteiger partial charge on any atom is 0.243 e. The van der Waals surface area contributed by atoms with E-state index in [-0.39, 0.29) is 37.0 Å². The molecule has 0 aliphatic carbocycles. The Morgan fingerprint density at radius 2 is 1.78 bits per heavy atom. The fraction of sp³-hybridized carbons (Fsp3) is 0.261. The monoisotopic (exact) mass is 454 g/mol. The van der Waals surface area contributed by atoms with E-state index >= 15 is 0 Å². The molecule has 8 nitrogen and oxygen atoms in total. The van der Waals surface area contributed by atoms with Gasteiger partial charge in [0.05, 0.1) is 18.0 Å². The third-order valence-corrected chi connectivity index (χ3v) is 6.12. The van der Waals surface area contributed by atoms with Crippen molar-refractivity contribution in [3.05, 3.63) is 78.4 Å². The summed E-state index contributed by atoms with van der Waals surface area (Å²) in [6.45, 7) is 4.16. The molecule has 2 aromatic carbocycles. The summed E-state index contributed by atoms with van der Waals surface area (Å²) >= 11 is 0. The molecule has 0 radical (unpaired) electrons. The Bertz CT molecular complexity index is 1100. The zero-order valence-corrected chi connectivity index (χ0v) is 18.5. The first-order chi connectivity index (χ1) is 15.4. The molecular weight excluding hydrogens is 428 g/mol. The Morgan fingerprint density at radius 3 is 2.47 bits per heavy atom. The topological polar surface area (TPSA) is 108 Å². The molecule has 1 aliphatic rings. The summed E-state index contributed by atoms with van der Waals surface area (Å²) in [6.07, 6.45) is 2.25. The van der Waals surface area contributed by atoms with Gasteiger partial charge in [0.15, 0.2) is 0 Å². The van der Waals surface area contributed by atoms with Crippen LogP contribution in [0.5, 0.6) is 0 Å². The lowest BCUT2D eigenvalue weighted by atomic mass is 10.1. The lowest BCUT2D eigenvalue weighted by Gasteiger charge is -2.11. The fourth-order valence-corrected chi connectivity index (χ4v) is 4.29. The number of sulfonamides is 1. The normalized spacial score (nSPS) is 13.5. The minimum Gasteiger partial charge on any atom is -0.326 e. The molecule has 2 aromatic rings. The molecule has 0 spiro atoms. The van der Waals surface area contributed by atoms with Gasteiger partial charge in [0, 0.05) is 31.5 Å². The summed E-state index contributed by atoms with van der Waals surface area (Å²) in [7, 11) is -3.44. The van der Waals surface area contributed by atoms with Crippen molar-refractivity contribution in [3.8, 4) is 0 Å². The van der Waals surface area contributed by atoms with Gasteiger partial charge in [-0.25, -0.2) is 18.1 Å². The van der Waals surface area contributed by atoms with Gasteiger partial charge in [-0.05, 0) is 23.3 Å². The summed E-state index contributed by atoms with van der Waals surface area (Å²) < 4.78 is 26.2. The number of nitrogens with zero attached hydrogens (tertiary/aromatic N) is 2. The van der Waals surface area contributed by atoms with E-state index in [9.17, 15) is 18.0 Å². The standard InChI is InChI=1S/C23H26N4O4S/c1-2-15-24-32(30,31)17-18-8-10-20(11-9-18)25-22(28)12-13-23(29)27-16-14-21(26-27)19-6-4-3-5-7-19/h2-11,24H,1,12-17H2,(H,25,28). The molecule has 0 saturated carbocycles. The molecule has 0 saturated heterocycles. The number of rotatable bonds is 10. The molecule has 1 aliphatic heterocycles. The number of nitrogens with one attached hydrogen (secondary N) is 2. The van der Waals surface area contributed by atoms with E-state index < -0.39 is 10.0 Å². The van der Waals surface area contributed by atoms with Crippen molar-refractivity contribution >= 4 is 33.2 Å². The smallest absolute Gasteiger partial charge is 0.243 e. The maximum atomic E-state index is 12.4. The number of carbonyl (C=O) groups is 2. The van der Waals surface area contributed by atoms with Crippen LogP contribution in [-0.4, -0.2) is 44.0 Å². The SMILES string of the molecule is C=CCNS(=O)(=O)Cc1ccc(NC(=O)CCC(=O)N2CCC(c3ccccc3)=N2)cc1. The number of hydrazone groups is 1. The average molecular weight is 455 g/mol. The lowest BCUT2D eigenvalue weighted by molar-refractivity contribution is -0.132. The molecule has 32 heavy (non-hydrogen) atoms. The molecule has 9 heteroatoms.